The standard InChI is InChI=1S/C12H17N3O/c1-3-12(16,4-2)9-15-11-10(8-13)6-5-7-14-11/h5-7,16H,3-4,9H2,1-2H3,(H,14,15). The van der Waals surface area contributed by atoms with E-state index in [0.717, 1.165) is 0 Å². The Morgan fingerprint density at radius 3 is 2.75 bits per heavy atom. The number of aliphatic hydroxyl groups is 1. The summed E-state index contributed by atoms with van der Waals surface area (Å²) in [4.78, 5) is 4.08. The van der Waals surface area contributed by atoms with Gasteiger partial charge in [-0.15, -0.1) is 0 Å². The third kappa shape index (κ3) is 2.94. The number of nitrogens with zero attached hydrogens (tertiary/aromatic N) is 2. The van der Waals surface area contributed by atoms with E-state index < -0.39 is 5.60 Å². The number of hydrogen-bond acceptors (Lipinski definition) is 4. The van der Waals surface area contributed by atoms with E-state index in [9.17, 15) is 5.11 Å². The summed E-state index contributed by atoms with van der Waals surface area (Å²) in [6.45, 7) is 4.29. The molecule has 0 fully saturated rings. The highest BCUT2D eigenvalue weighted by atomic mass is 16.3. The third-order valence-corrected chi connectivity index (χ3v) is 2.83. The van der Waals surface area contributed by atoms with Crippen LogP contribution >= 0.6 is 0 Å². The van der Waals surface area contributed by atoms with Crippen LogP contribution in [-0.2, 0) is 0 Å². The lowest BCUT2D eigenvalue weighted by Gasteiger charge is -2.25. The molecule has 0 aromatic carbocycles. The van der Waals surface area contributed by atoms with Gasteiger partial charge in [-0.1, -0.05) is 13.8 Å². The Morgan fingerprint density at radius 1 is 1.50 bits per heavy atom. The summed E-state index contributed by atoms with van der Waals surface area (Å²) in [5.74, 6) is 0.533. The molecule has 4 heteroatoms. The van der Waals surface area contributed by atoms with Gasteiger partial charge in [0.25, 0.3) is 0 Å². The van der Waals surface area contributed by atoms with Crippen molar-refractivity contribution in [3.63, 3.8) is 0 Å². The highest BCUT2D eigenvalue weighted by Crippen LogP contribution is 2.17. The van der Waals surface area contributed by atoms with Crippen LogP contribution in [0, 0.1) is 11.3 Å². The van der Waals surface area contributed by atoms with Crippen molar-refractivity contribution in [1.29, 1.82) is 5.26 Å². The second kappa shape index (κ2) is 5.47. The number of pyridine rings is 1. The fraction of sp³-hybridized carbons (Fsp3) is 0.500. The van der Waals surface area contributed by atoms with Crippen LogP contribution in [0.5, 0.6) is 0 Å². The summed E-state index contributed by atoms with van der Waals surface area (Å²) in [6.07, 6.45) is 2.97. The van der Waals surface area contributed by atoms with E-state index >= 15 is 0 Å². The maximum Gasteiger partial charge on any atom is 0.143 e. The zero-order chi connectivity index (χ0) is 12.0. The number of aromatic nitrogens is 1. The zero-order valence-electron chi connectivity index (χ0n) is 9.70. The van der Waals surface area contributed by atoms with Crippen LogP contribution in [0.3, 0.4) is 0 Å². The molecule has 16 heavy (non-hydrogen) atoms. The van der Waals surface area contributed by atoms with Crippen LogP contribution < -0.4 is 5.32 Å². The van der Waals surface area contributed by atoms with Gasteiger partial charge in [0.2, 0.25) is 0 Å². The van der Waals surface area contributed by atoms with E-state index in [1.54, 1.807) is 18.3 Å². The van der Waals surface area contributed by atoms with Crippen molar-refractivity contribution in [2.45, 2.75) is 32.3 Å². The van der Waals surface area contributed by atoms with Crippen molar-refractivity contribution in [1.82, 2.24) is 4.98 Å². The Hall–Kier alpha value is -1.60. The molecule has 0 atom stereocenters. The average molecular weight is 219 g/mol. The lowest BCUT2D eigenvalue weighted by molar-refractivity contribution is 0.0456. The molecule has 86 valence electrons. The number of anilines is 1. The molecule has 0 spiro atoms. The summed E-state index contributed by atoms with van der Waals surface area (Å²) in [5, 5.41) is 22.0. The van der Waals surface area contributed by atoms with Crippen LogP contribution in [0.2, 0.25) is 0 Å². The maximum absolute atomic E-state index is 10.1. The number of hydrogen-bond donors (Lipinski definition) is 2. The SMILES string of the molecule is CCC(O)(CC)CNc1ncccc1C#N. The largest absolute Gasteiger partial charge is 0.388 e. The lowest BCUT2D eigenvalue weighted by atomic mass is 9.97. The van der Waals surface area contributed by atoms with Crippen molar-refractivity contribution >= 4 is 5.82 Å². The smallest absolute Gasteiger partial charge is 0.143 e. The maximum atomic E-state index is 10.1. The van der Waals surface area contributed by atoms with Gasteiger partial charge in [-0.2, -0.15) is 5.26 Å². The minimum Gasteiger partial charge on any atom is -0.388 e. The summed E-state index contributed by atoms with van der Waals surface area (Å²) in [5.41, 5.74) is -0.235. The minimum atomic E-state index is -0.732. The van der Waals surface area contributed by atoms with E-state index in [-0.39, 0.29) is 0 Å². The molecule has 0 saturated carbocycles. The quantitative estimate of drug-likeness (QED) is 0.793. The van der Waals surface area contributed by atoms with Gasteiger partial charge < -0.3 is 10.4 Å². The predicted molar refractivity (Wildman–Crippen MR) is 63.0 cm³/mol. The van der Waals surface area contributed by atoms with E-state index in [1.807, 2.05) is 13.8 Å². The molecular weight excluding hydrogens is 202 g/mol. The molecular formula is C12H17N3O. The Kier molecular flexibility index (Phi) is 4.27. The highest BCUT2D eigenvalue weighted by molar-refractivity contribution is 5.51. The minimum absolute atomic E-state index is 0.408. The van der Waals surface area contributed by atoms with E-state index in [4.69, 9.17) is 5.26 Å². The molecule has 0 aliphatic carbocycles. The van der Waals surface area contributed by atoms with Gasteiger partial charge >= 0.3 is 0 Å². The van der Waals surface area contributed by atoms with Gasteiger partial charge in [0.15, 0.2) is 0 Å². The van der Waals surface area contributed by atoms with Crippen LogP contribution in [0.15, 0.2) is 18.3 Å². The molecule has 0 amide bonds. The Morgan fingerprint density at radius 2 is 2.19 bits per heavy atom. The fourth-order valence-electron chi connectivity index (χ4n) is 1.38. The Balaban J connectivity index is 2.72. The summed E-state index contributed by atoms with van der Waals surface area (Å²) >= 11 is 0. The van der Waals surface area contributed by atoms with Gasteiger partial charge in [0.05, 0.1) is 11.2 Å². The summed E-state index contributed by atoms with van der Waals surface area (Å²) < 4.78 is 0. The average Bonchev–Trinajstić information content (AvgIpc) is 2.36. The molecule has 1 heterocycles. The summed E-state index contributed by atoms with van der Waals surface area (Å²) in [6, 6.07) is 5.48. The first-order valence-corrected chi connectivity index (χ1v) is 5.46. The van der Waals surface area contributed by atoms with Crippen molar-refractivity contribution in [2.75, 3.05) is 11.9 Å². The normalized spacial score (nSPS) is 10.9. The highest BCUT2D eigenvalue weighted by Gasteiger charge is 2.22. The first-order valence-electron chi connectivity index (χ1n) is 5.46. The van der Waals surface area contributed by atoms with Crippen molar-refractivity contribution in [2.24, 2.45) is 0 Å². The second-order valence-electron chi connectivity index (χ2n) is 3.80. The molecule has 1 aromatic heterocycles. The molecule has 1 aromatic rings. The van der Waals surface area contributed by atoms with Gasteiger partial charge in [-0.05, 0) is 25.0 Å². The van der Waals surface area contributed by atoms with Gasteiger partial charge in [0.1, 0.15) is 11.9 Å². The zero-order valence-corrected chi connectivity index (χ0v) is 9.70. The predicted octanol–water partition coefficient (Wildman–Crippen LogP) is 1.92. The van der Waals surface area contributed by atoms with Crippen LogP contribution in [-0.4, -0.2) is 22.2 Å². The van der Waals surface area contributed by atoms with Crippen molar-refractivity contribution < 1.29 is 5.11 Å². The molecule has 4 nitrogen and oxygen atoms in total. The van der Waals surface area contributed by atoms with E-state index in [0.29, 0.717) is 30.8 Å². The van der Waals surface area contributed by atoms with Crippen molar-refractivity contribution in [3.05, 3.63) is 23.9 Å². The molecule has 0 bridgehead atoms. The van der Waals surface area contributed by atoms with Gasteiger partial charge in [-0.3, -0.25) is 0 Å². The van der Waals surface area contributed by atoms with Crippen LogP contribution in [0.25, 0.3) is 0 Å². The molecule has 0 saturated heterocycles. The number of rotatable bonds is 5. The summed E-state index contributed by atoms with van der Waals surface area (Å²) in [7, 11) is 0. The van der Waals surface area contributed by atoms with Crippen LogP contribution in [0.4, 0.5) is 5.82 Å². The molecule has 0 aliphatic heterocycles. The number of nitriles is 1. The molecule has 0 aliphatic rings. The van der Waals surface area contributed by atoms with Gasteiger partial charge in [0, 0.05) is 12.7 Å². The van der Waals surface area contributed by atoms with Gasteiger partial charge in [-0.25, -0.2) is 4.98 Å². The molecule has 1 rings (SSSR count). The molecule has 0 unspecified atom stereocenters. The first kappa shape index (κ1) is 12.5. The van der Waals surface area contributed by atoms with Crippen LogP contribution in [0.1, 0.15) is 32.3 Å². The third-order valence-electron chi connectivity index (χ3n) is 2.83. The topological polar surface area (TPSA) is 68.9 Å². The van der Waals surface area contributed by atoms with Crippen molar-refractivity contribution in [3.8, 4) is 6.07 Å². The fourth-order valence-corrected chi connectivity index (χ4v) is 1.38. The monoisotopic (exact) mass is 219 g/mol. The van der Waals surface area contributed by atoms with E-state index in [2.05, 4.69) is 16.4 Å². The van der Waals surface area contributed by atoms with E-state index in [1.165, 1.54) is 0 Å². The second-order valence-corrected chi connectivity index (χ2v) is 3.80. The lowest BCUT2D eigenvalue weighted by Crippen LogP contribution is -2.35. The first-order chi connectivity index (χ1) is 7.65. The Bertz CT molecular complexity index is 380. The number of nitrogens with one attached hydrogen (secondary N) is 1. The molecule has 2 N–H and O–H groups in total. The Labute approximate surface area is 95.9 Å². The molecule has 0 radical (unpaired) electrons.